The summed E-state index contributed by atoms with van der Waals surface area (Å²) in [5, 5.41) is 9.54. The Bertz CT molecular complexity index is 734. The van der Waals surface area contributed by atoms with Crippen molar-refractivity contribution in [2.24, 2.45) is 10.1 Å². The van der Waals surface area contributed by atoms with Gasteiger partial charge in [0.2, 0.25) is 5.91 Å². The molecule has 6 nitrogen and oxygen atoms in total. The van der Waals surface area contributed by atoms with Gasteiger partial charge in [-0.15, -0.1) is 0 Å². The van der Waals surface area contributed by atoms with Crippen molar-refractivity contribution >= 4 is 29.5 Å². The molecule has 0 unspecified atom stereocenters. The van der Waals surface area contributed by atoms with Crippen molar-refractivity contribution in [2.45, 2.75) is 19.8 Å². The summed E-state index contributed by atoms with van der Waals surface area (Å²) >= 11 is 0. The quantitative estimate of drug-likeness (QED) is 0.861. The fraction of sp³-hybridized carbons (Fsp3) is 0.312. The van der Waals surface area contributed by atoms with Gasteiger partial charge in [-0.3, -0.25) is 9.80 Å². The Morgan fingerprint density at radius 3 is 3.09 bits per heavy atom. The van der Waals surface area contributed by atoms with Gasteiger partial charge in [0.05, 0.1) is 5.70 Å². The Kier molecular flexibility index (Phi) is 2.96. The predicted molar refractivity (Wildman–Crippen MR) is 87.1 cm³/mol. The third-order valence-corrected chi connectivity index (χ3v) is 4.20. The average Bonchev–Trinajstić information content (AvgIpc) is 3.13. The number of rotatable bonds is 1. The van der Waals surface area contributed by atoms with Crippen molar-refractivity contribution < 1.29 is 4.79 Å². The monoisotopic (exact) mass is 295 g/mol. The van der Waals surface area contributed by atoms with E-state index in [2.05, 4.69) is 27.6 Å². The van der Waals surface area contributed by atoms with E-state index in [1.54, 1.807) is 13.3 Å². The van der Waals surface area contributed by atoms with E-state index in [0.717, 1.165) is 48.8 Å². The van der Waals surface area contributed by atoms with Crippen LogP contribution in [0.5, 0.6) is 0 Å². The molecule has 0 bridgehead atoms. The first-order valence-electron chi connectivity index (χ1n) is 7.49. The number of amides is 1. The van der Waals surface area contributed by atoms with Gasteiger partial charge in [-0.05, 0) is 30.5 Å². The highest BCUT2D eigenvalue weighted by molar-refractivity contribution is 6.11. The van der Waals surface area contributed by atoms with Crippen LogP contribution < -0.4 is 10.2 Å². The van der Waals surface area contributed by atoms with Crippen LogP contribution in [0.25, 0.3) is 0 Å². The van der Waals surface area contributed by atoms with Crippen molar-refractivity contribution in [3.63, 3.8) is 0 Å². The lowest BCUT2D eigenvalue weighted by atomic mass is 10.1. The van der Waals surface area contributed by atoms with Gasteiger partial charge in [0.15, 0.2) is 5.84 Å². The molecule has 6 heteroatoms. The Hall–Kier alpha value is -2.63. The van der Waals surface area contributed by atoms with Crippen LogP contribution in [0.3, 0.4) is 0 Å². The highest BCUT2D eigenvalue weighted by Gasteiger charge is 2.24. The van der Waals surface area contributed by atoms with E-state index in [0.29, 0.717) is 0 Å². The minimum atomic E-state index is 0.0858. The second-order valence-corrected chi connectivity index (χ2v) is 5.60. The number of anilines is 2. The molecule has 1 aromatic rings. The maximum Gasteiger partial charge on any atom is 0.223 e. The lowest BCUT2D eigenvalue weighted by Crippen LogP contribution is -2.28. The van der Waals surface area contributed by atoms with Crippen LogP contribution in [0, 0.1) is 0 Å². The number of fused-ring (bicyclic) bond motifs is 2. The Balaban J connectivity index is 1.62. The summed E-state index contributed by atoms with van der Waals surface area (Å²) in [5.74, 6) is 0.891. The lowest BCUT2D eigenvalue weighted by Gasteiger charge is -2.22. The number of carbonyl (C=O) groups is 1. The summed E-state index contributed by atoms with van der Waals surface area (Å²) < 4.78 is 0. The third-order valence-electron chi connectivity index (χ3n) is 4.20. The zero-order chi connectivity index (χ0) is 15.1. The number of benzene rings is 1. The Morgan fingerprint density at radius 2 is 2.23 bits per heavy atom. The molecule has 0 radical (unpaired) electrons. The molecule has 0 atom stereocenters. The molecule has 0 saturated heterocycles. The van der Waals surface area contributed by atoms with Gasteiger partial charge in [0.25, 0.3) is 0 Å². The Labute approximate surface area is 128 Å². The van der Waals surface area contributed by atoms with Gasteiger partial charge < -0.3 is 10.2 Å². The molecule has 0 fully saturated rings. The van der Waals surface area contributed by atoms with Gasteiger partial charge in [0.1, 0.15) is 6.34 Å². The molecule has 3 aliphatic rings. The first kappa shape index (κ1) is 13.1. The van der Waals surface area contributed by atoms with Crippen LogP contribution in [0.4, 0.5) is 11.4 Å². The third kappa shape index (κ3) is 2.07. The van der Waals surface area contributed by atoms with Crippen LogP contribution >= 0.6 is 0 Å². The predicted octanol–water partition coefficient (Wildman–Crippen LogP) is 1.95. The second-order valence-electron chi connectivity index (χ2n) is 5.60. The maximum absolute atomic E-state index is 11.7. The highest BCUT2D eigenvalue weighted by atomic mass is 16.2. The highest BCUT2D eigenvalue weighted by Crippen LogP contribution is 2.31. The van der Waals surface area contributed by atoms with Crippen molar-refractivity contribution in [3.05, 3.63) is 35.5 Å². The number of hydrogen-bond acceptors (Lipinski definition) is 5. The first-order valence-corrected chi connectivity index (χ1v) is 7.49. The van der Waals surface area contributed by atoms with Gasteiger partial charge in [-0.25, -0.2) is 4.99 Å². The summed E-state index contributed by atoms with van der Waals surface area (Å²) in [6, 6.07) is 6.15. The van der Waals surface area contributed by atoms with E-state index in [1.165, 1.54) is 5.56 Å². The van der Waals surface area contributed by atoms with E-state index >= 15 is 0 Å². The van der Waals surface area contributed by atoms with Crippen LogP contribution in [-0.2, 0) is 11.2 Å². The first-order chi connectivity index (χ1) is 10.7. The number of amidine groups is 1. The second kappa shape index (κ2) is 4.98. The van der Waals surface area contributed by atoms with E-state index in [9.17, 15) is 4.79 Å². The van der Waals surface area contributed by atoms with Crippen molar-refractivity contribution in [2.75, 3.05) is 23.3 Å². The minimum absolute atomic E-state index is 0.0858. The molecule has 0 aliphatic carbocycles. The summed E-state index contributed by atoms with van der Waals surface area (Å²) in [5.41, 5.74) is 4.18. The summed E-state index contributed by atoms with van der Waals surface area (Å²) in [4.78, 5) is 17.9. The summed E-state index contributed by atoms with van der Waals surface area (Å²) in [7, 11) is 0. The fourth-order valence-electron chi connectivity index (χ4n) is 3.12. The molecule has 0 saturated carbocycles. The van der Waals surface area contributed by atoms with Crippen LogP contribution in [0.2, 0.25) is 0 Å². The molecular weight excluding hydrogens is 278 g/mol. The molecule has 0 aromatic heterocycles. The molecule has 1 N–H and O–H groups in total. The lowest BCUT2D eigenvalue weighted by molar-refractivity contribution is -0.116. The number of nitrogens with one attached hydrogen (secondary N) is 1. The van der Waals surface area contributed by atoms with Crippen molar-refractivity contribution in [3.8, 4) is 0 Å². The van der Waals surface area contributed by atoms with Crippen LogP contribution in [0.1, 0.15) is 18.9 Å². The zero-order valence-corrected chi connectivity index (χ0v) is 12.4. The van der Waals surface area contributed by atoms with Gasteiger partial charge in [-0.2, -0.15) is 5.10 Å². The summed E-state index contributed by atoms with van der Waals surface area (Å²) in [6.07, 6.45) is 5.61. The normalized spacial score (nSPS) is 18.8. The molecule has 4 rings (SSSR count). The number of carbonyl (C=O) groups excluding carboxylic acids is 1. The number of nitrogens with zero attached hydrogens (tertiary/aromatic N) is 4. The van der Waals surface area contributed by atoms with E-state index in [1.807, 2.05) is 22.0 Å². The SMILES string of the molecule is CC(=O)N1CCc2ccc(NC3=NC=NN4CCC=C34)cc21. The number of hydrogen-bond donors (Lipinski definition) is 1. The molecule has 0 spiro atoms. The molecule has 3 aliphatic heterocycles. The topological polar surface area (TPSA) is 60.3 Å². The molecule has 112 valence electrons. The molecule has 1 amide bonds. The molecule has 22 heavy (non-hydrogen) atoms. The van der Waals surface area contributed by atoms with E-state index in [-0.39, 0.29) is 5.91 Å². The van der Waals surface area contributed by atoms with Gasteiger partial charge in [-0.1, -0.05) is 12.1 Å². The Morgan fingerprint density at radius 1 is 1.32 bits per heavy atom. The summed E-state index contributed by atoms with van der Waals surface area (Å²) in [6.45, 7) is 3.27. The standard InChI is InChI=1S/C16H17N5O/c1-11(22)20-8-6-12-4-5-13(9-15(12)20)19-16-14-3-2-7-21(14)18-10-17-16/h3-5,9-10H,2,6-8H2,1H3,(H,17,18,19). The zero-order valence-electron chi connectivity index (χ0n) is 12.4. The molecular formula is C16H17N5O. The minimum Gasteiger partial charge on any atom is -0.338 e. The number of aliphatic imine (C=N–C) groups is 1. The van der Waals surface area contributed by atoms with Gasteiger partial charge in [0, 0.05) is 31.4 Å². The van der Waals surface area contributed by atoms with Gasteiger partial charge >= 0.3 is 0 Å². The van der Waals surface area contributed by atoms with Crippen molar-refractivity contribution in [1.29, 1.82) is 0 Å². The van der Waals surface area contributed by atoms with Crippen molar-refractivity contribution in [1.82, 2.24) is 5.01 Å². The van der Waals surface area contributed by atoms with Crippen LogP contribution in [-0.4, -0.2) is 36.2 Å². The number of hydrazone groups is 1. The smallest absolute Gasteiger partial charge is 0.223 e. The van der Waals surface area contributed by atoms with E-state index in [4.69, 9.17) is 0 Å². The van der Waals surface area contributed by atoms with Crippen LogP contribution in [0.15, 0.2) is 40.1 Å². The molecule has 1 aromatic carbocycles. The fourth-order valence-corrected chi connectivity index (χ4v) is 3.12. The largest absolute Gasteiger partial charge is 0.338 e. The molecule has 3 heterocycles. The average molecular weight is 295 g/mol. The van der Waals surface area contributed by atoms with E-state index < -0.39 is 0 Å². The maximum atomic E-state index is 11.7.